The van der Waals surface area contributed by atoms with Gasteiger partial charge in [0.2, 0.25) is 33.7 Å². The number of hydrogen-bond acceptors (Lipinski definition) is 20. The molecule has 5 aromatic rings. The average Bonchev–Trinajstić information content (AvgIpc) is 4.07. The third-order valence-electron chi connectivity index (χ3n) is 12.3. The van der Waals surface area contributed by atoms with Crippen LogP contribution in [0.3, 0.4) is 0 Å². The lowest BCUT2D eigenvalue weighted by molar-refractivity contribution is -0.137. The first-order chi connectivity index (χ1) is 31.8. The Labute approximate surface area is 391 Å². The Morgan fingerprint density at radius 3 is 1.56 bits per heavy atom. The molecule has 5 aromatic heterocycles. The quantitative estimate of drug-likeness (QED) is 0.0721. The second-order valence-corrected chi connectivity index (χ2v) is 17.8. The standard InChI is InChI=1S/C39H50Cl3N17O7/c1-3-43-31(63)21-13-20(60)33(65-21)58-14-45-22-27(51-35(40)53-29(22)58)47-16-5-9-18(10-6-16)49-38-55-37(42)56-39(57-38)50-19-11-7-17(8-12-19)48-28-23-30(54-36(41)52-28)59(15-46-23)34-25(62)24(61)26(66-34)32(64)44-4-2/h14-21,24-26,33-34,60-62H,3-13H2,1-2H3,(H,43,63)(H,44,64)(H,47,51,53)(H,48,52,54)(H2,49,50,55,56,57)/t16?,17?,18?,19?,20-,21+,24+,25-,26+,33-,34-/m1/s1. The number of imidazole rings is 2. The Morgan fingerprint density at radius 1 is 0.606 bits per heavy atom. The van der Waals surface area contributed by atoms with Crippen LogP contribution in [-0.4, -0.2) is 149 Å². The third-order valence-corrected chi connectivity index (χ3v) is 12.8. The van der Waals surface area contributed by atoms with E-state index in [9.17, 15) is 24.9 Å². The van der Waals surface area contributed by atoms with Gasteiger partial charge >= 0.3 is 0 Å². The summed E-state index contributed by atoms with van der Waals surface area (Å²) >= 11 is 19.1. The van der Waals surface area contributed by atoms with Gasteiger partial charge in [-0.3, -0.25) is 18.7 Å². The van der Waals surface area contributed by atoms with Crippen LogP contribution in [0.1, 0.15) is 84.1 Å². The van der Waals surface area contributed by atoms with Crippen molar-refractivity contribution in [2.24, 2.45) is 0 Å². The lowest BCUT2D eigenvalue weighted by Crippen LogP contribution is -2.42. The summed E-state index contributed by atoms with van der Waals surface area (Å²) in [5.74, 6) is 0.795. The molecule has 4 fully saturated rings. The Morgan fingerprint density at radius 2 is 1.06 bits per heavy atom. The fourth-order valence-electron chi connectivity index (χ4n) is 9.09. The van der Waals surface area contributed by atoms with Crippen molar-refractivity contribution in [3.63, 3.8) is 0 Å². The van der Waals surface area contributed by atoms with Crippen molar-refractivity contribution >= 4 is 92.5 Å². The molecule has 2 saturated heterocycles. The van der Waals surface area contributed by atoms with Crippen molar-refractivity contribution in [3.05, 3.63) is 28.5 Å². The van der Waals surface area contributed by atoms with Crippen LogP contribution in [-0.2, 0) is 19.1 Å². The summed E-state index contributed by atoms with van der Waals surface area (Å²) in [6.07, 6.45) is 1.41. The first-order valence-corrected chi connectivity index (χ1v) is 23.2. The van der Waals surface area contributed by atoms with Gasteiger partial charge in [-0.05, 0) is 100 Å². The number of halogens is 3. The molecule has 9 rings (SSSR count). The molecule has 0 aromatic carbocycles. The Kier molecular flexibility index (Phi) is 13.7. The van der Waals surface area contributed by atoms with Crippen molar-refractivity contribution in [3.8, 4) is 0 Å². The predicted octanol–water partition coefficient (Wildman–Crippen LogP) is 2.32. The number of ether oxygens (including phenoxy) is 2. The zero-order chi connectivity index (χ0) is 46.2. The highest BCUT2D eigenvalue weighted by Crippen LogP contribution is 2.36. The van der Waals surface area contributed by atoms with E-state index in [2.05, 4.69) is 76.8 Å². The number of aliphatic hydroxyl groups is 3. The van der Waals surface area contributed by atoms with E-state index >= 15 is 0 Å². The van der Waals surface area contributed by atoms with Gasteiger partial charge in [-0.2, -0.15) is 34.9 Å². The fourth-order valence-corrected chi connectivity index (χ4v) is 9.58. The van der Waals surface area contributed by atoms with Gasteiger partial charge in [0, 0.05) is 43.7 Å². The number of rotatable bonds is 14. The summed E-state index contributed by atoms with van der Waals surface area (Å²) in [5.41, 5.74) is 1.51. The number of anilines is 4. The van der Waals surface area contributed by atoms with Crippen molar-refractivity contribution in [2.45, 2.75) is 139 Å². The SMILES string of the molecule is CCNC(=O)[C@@H]1C[C@@H](O)[C@H](n2cnc3c(NC4CCC(Nc5nc(Cl)nc(NC6CCC(Nc7nc(Cl)nc8c7ncn8[C@@H]7O[C@H](C(=O)NCC)[C@@H](O)[C@H]7O)CC6)n5)CC4)nc(Cl)nc32)O1. The number of fused-ring (bicyclic) bond motifs is 2. The highest BCUT2D eigenvalue weighted by atomic mass is 35.5. The summed E-state index contributed by atoms with van der Waals surface area (Å²) in [6, 6.07) is 0.208. The molecule has 7 heterocycles. The van der Waals surface area contributed by atoms with E-state index < -0.39 is 48.9 Å². The van der Waals surface area contributed by atoms with Crippen molar-refractivity contribution in [2.75, 3.05) is 34.4 Å². The van der Waals surface area contributed by atoms with Crippen LogP contribution < -0.4 is 31.9 Å². The number of likely N-dealkylation sites (N-methyl/N-ethyl adjacent to an activating group) is 2. The lowest BCUT2D eigenvalue weighted by Gasteiger charge is -2.31. The second-order valence-electron chi connectivity index (χ2n) is 16.8. The highest BCUT2D eigenvalue weighted by molar-refractivity contribution is 6.29. The van der Waals surface area contributed by atoms with E-state index in [0.29, 0.717) is 53.3 Å². The molecular weight excluding hydrogens is 925 g/mol. The molecule has 2 aliphatic heterocycles. The van der Waals surface area contributed by atoms with E-state index in [1.807, 2.05) is 6.92 Å². The van der Waals surface area contributed by atoms with E-state index in [0.717, 1.165) is 51.4 Å². The second kappa shape index (κ2) is 19.6. The smallest absolute Gasteiger partial charge is 0.252 e. The van der Waals surface area contributed by atoms with Gasteiger partial charge in [0.05, 0.1) is 12.7 Å². The summed E-state index contributed by atoms with van der Waals surface area (Å²) in [6.45, 7) is 4.35. The number of carbonyl (C=O) groups excluding carboxylic acids is 2. The van der Waals surface area contributed by atoms with Crippen molar-refractivity contribution < 1.29 is 34.4 Å². The maximum absolute atomic E-state index is 12.4. The van der Waals surface area contributed by atoms with Gasteiger partial charge in [-0.1, -0.05) is 0 Å². The molecule has 9 N–H and O–H groups in total. The number of amides is 2. The third kappa shape index (κ3) is 9.68. The van der Waals surface area contributed by atoms with E-state index in [1.54, 1.807) is 11.5 Å². The maximum atomic E-state index is 12.4. The minimum absolute atomic E-state index is 0.00515. The van der Waals surface area contributed by atoms with Crippen molar-refractivity contribution in [1.29, 1.82) is 0 Å². The van der Waals surface area contributed by atoms with E-state index in [4.69, 9.17) is 44.3 Å². The first-order valence-electron chi connectivity index (χ1n) is 22.0. The zero-order valence-electron chi connectivity index (χ0n) is 35.8. The number of nitrogens with zero attached hydrogens (tertiary/aromatic N) is 11. The number of carbonyl (C=O) groups is 2. The molecule has 7 atom stereocenters. The van der Waals surface area contributed by atoms with Crippen LogP contribution in [0.2, 0.25) is 15.9 Å². The van der Waals surface area contributed by atoms with Gasteiger partial charge in [0.25, 0.3) is 5.91 Å². The van der Waals surface area contributed by atoms with Gasteiger partial charge in [0.1, 0.15) is 24.4 Å². The molecule has 0 spiro atoms. The molecule has 2 saturated carbocycles. The number of aromatic nitrogens is 11. The molecule has 354 valence electrons. The lowest BCUT2D eigenvalue weighted by atomic mass is 9.91. The van der Waals surface area contributed by atoms with Gasteiger partial charge in [-0.15, -0.1) is 0 Å². The average molecular weight is 975 g/mol. The normalized spacial score (nSPS) is 28.9. The van der Waals surface area contributed by atoms with Gasteiger partial charge < -0.3 is 56.7 Å². The Bertz CT molecular complexity index is 2560. The molecule has 2 aliphatic carbocycles. The first kappa shape index (κ1) is 46.0. The monoisotopic (exact) mass is 973 g/mol. The van der Waals surface area contributed by atoms with E-state index in [-0.39, 0.29) is 58.0 Å². The van der Waals surface area contributed by atoms with Gasteiger partial charge in [-0.25, -0.2) is 9.97 Å². The van der Waals surface area contributed by atoms with Crippen LogP contribution in [0, 0.1) is 0 Å². The number of hydrogen-bond donors (Lipinski definition) is 9. The minimum Gasteiger partial charge on any atom is -0.388 e. The maximum Gasteiger partial charge on any atom is 0.252 e. The molecule has 66 heavy (non-hydrogen) atoms. The summed E-state index contributed by atoms with van der Waals surface area (Å²) in [4.78, 5) is 64.7. The molecule has 2 amide bonds. The molecule has 0 bridgehead atoms. The van der Waals surface area contributed by atoms with Gasteiger partial charge in [0.15, 0.2) is 52.5 Å². The number of nitrogens with one attached hydrogen (secondary N) is 6. The van der Waals surface area contributed by atoms with E-state index in [1.165, 1.54) is 17.2 Å². The highest BCUT2D eigenvalue weighted by Gasteiger charge is 2.48. The Hall–Kier alpha value is -5.08. The molecule has 4 aliphatic rings. The van der Waals surface area contributed by atoms with Crippen LogP contribution >= 0.6 is 34.8 Å². The minimum atomic E-state index is -1.46. The number of aliphatic hydroxyl groups excluding tert-OH is 3. The van der Waals surface area contributed by atoms with Crippen molar-refractivity contribution in [1.82, 2.24) is 64.6 Å². The predicted molar refractivity (Wildman–Crippen MR) is 240 cm³/mol. The topological polar surface area (TPSA) is 311 Å². The zero-order valence-corrected chi connectivity index (χ0v) is 38.1. The molecule has 27 heteroatoms. The van der Waals surface area contributed by atoms with Crippen LogP contribution in [0.25, 0.3) is 22.3 Å². The summed E-state index contributed by atoms with van der Waals surface area (Å²) in [5, 5.41) is 51.3. The van der Waals surface area contributed by atoms with Crippen LogP contribution in [0.15, 0.2) is 12.7 Å². The molecule has 24 nitrogen and oxygen atoms in total. The van der Waals surface area contributed by atoms with Crippen LogP contribution in [0.4, 0.5) is 23.5 Å². The Balaban J connectivity index is 0.769. The molecule has 0 radical (unpaired) electrons. The molecule has 0 unspecified atom stereocenters. The summed E-state index contributed by atoms with van der Waals surface area (Å²) < 4.78 is 14.7. The van der Waals surface area contributed by atoms with Crippen LogP contribution in [0.5, 0.6) is 0 Å². The summed E-state index contributed by atoms with van der Waals surface area (Å²) in [7, 11) is 0. The molecular formula is C39H50Cl3N17O7. The fraction of sp³-hybridized carbons (Fsp3) is 0.615. The largest absolute Gasteiger partial charge is 0.388 e.